The number of benzene rings is 4. The lowest BCUT2D eigenvalue weighted by molar-refractivity contribution is -0.136. The summed E-state index contributed by atoms with van der Waals surface area (Å²) in [6.45, 7) is -0.453. The van der Waals surface area contributed by atoms with E-state index >= 15 is 0 Å². The summed E-state index contributed by atoms with van der Waals surface area (Å²) in [6, 6.07) is 17.1. The third kappa shape index (κ3) is 5.19. The van der Waals surface area contributed by atoms with E-state index in [2.05, 4.69) is 5.10 Å². The fraction of sp³-hybridized carbons (Fsp3) is 0.107. The number of ether oxygens (including phenoxy) is 1. The minimum absolute atomic E-state index is 0.000993. The van der Waals surface area contributed by atoms with Gasteiger partial charge in [0.1, 0.15) is 35.3 Å². The molecule has 38 heavy (non-hydrogen) atoms. The van der Waals surface area contributed by atoms with Crippen LogP contribution in [0.4, 0.5) is 26.3 Å². The smallest absolute Gasteiger partial charge is 0.418 e. The summed E-state index contributed by atoms with van der Waals surface area (Å²) in [6.07, 6.45) is -4.67. The molecule has 5 rings (SSSR count). The normalized spacial score (nSPS) is 11.8. The zero-order valence-electron chi connectivity index (χ0n) is 19.4. The SMILES string of the molecule is Fc1ccc(F)c(COc2cccc(-c3c4cccc(C(F)(F)F)c4nn3Cc3ccc(Cl)cc3F)c2)c1. The van der Waals surface area contributed by atoms with Gasteiger partial charge in [0.25, 0.3) is 0 Å². The van der Waals surface area contributed by atoms with Crippen molar-refractivity contribution in [3.8, 4) is 17.0 Å². The number of halogens is 7. The molecule has 0 radical (unpaired) electrons. The van der Waals surface area contributed by atoms with E-state index in [0.717, 1.165) is 30.3 Å². The number of aromatic nitrogens is 2. The topological polar surface area (TPSA) is 27.1 Å². The Morgan fingerprint density at radius 1 is 0.816 bits per heavy atom. The second kappa shape index (κ2) is 10.1. The molecule has 0 spiro atoms. The third-order valence-corrected chi connectivity index (χ3v) is 6.16. The van der Waals surface area contributed by atoms with Crippen molar-refractivity contribution in [1.82, 2.24) is 9.78 Å². The molecule has 3 nitrogen and oxygen atoms in total. The van der Waals surface area contributed by atoms with Gasteiger partial charge in [0, 0.05) is 27.1 Å². The van der Waals surface area contributed by atoms with Crippen LogP contribution in [0.2, 0.25) is 5.02 Å². The number of hydrogen-bond acceptors (Lipinski definition) is 2. The van der Waals surface area contributed by atoms with E-state index < -0.39 is 29.2 Å². The first-order valence-corrected chi connectivity index (χ1v) is 11.7. The molecule has 4 aromatic carbocycles. The van der Waals surface area contributed by atoms with Crippen LogP contribution in [0.25, 0.3) is 22.2 Å². The fourth-order valence-electron chi connectivity index (χ4n) is 4.16. The molecule has 194 valence electrons. The van der Waals surface area contributed by atoms with Crippen molar-refractivity contribution in [3.05, 3.63) is 118 Å². The maximum atomic E-state index is 14.6. The molecular formula is C28H17ClF6N2O. The lowest BCUT2D eigenvalue weighted by Crippen LogP contribution is -2.07. The first kappa shape index (κ1) is 25.7. The van der Waals surface area contributed by atoms with E-state index in [1.807, 2.05) is 0 Å². The largest absolute Gasteiger partial charge is 0.489 e. The highest BCUT2D eigenvalue weighted by molar-refractivity contribution is 6.30. The van der Waals surface area contributed by atoms with Gasteiger partial charge in [-0.15, -0.1) is 0 Å². The molecule has 10 heteroatoms. The van der Waals surface area contributed by atoms with Gasteiger partial charge in [0.2, 0.25) is 0 Å². The Hall–Kier alpha value is -3.98. The van der Waals surface area contributed by atoms with Crippen molar-refractivity contribution in [2.45, 2.75) is 19.3 Å². The number of hydrogen-bond donors (Lipinski definition) is 0. The molecule has 0 saturated heterocycles. The Balaban J connectivity index is 1.59. The predicted molar refractivity (Wildman–Crippen MR) is 131 cm³/mol. The van der Waals surface area contributed by atoms with Gasteiger partial charge in [-0.2, -0.15) is 18.3 Å². The predicted octanol–water partition coefficient (Wildman–Crippen LogP) is 8.42. The van der Waals surface area contributed by atoms with Crippen molar-refractivity contribution >= 4 is 22.5 Å². The molecule has 1 aromatic heterocycles. The van der Waals surface area contributed by atoms with E-state index in [4.69, 9.17) is 16.3 Å². The highest BCUT2D eigenvalue weighted by atomic mass is 35.5. The van der Waals surface area contributed by atoms with Crippen molar-refractivity contribution < 1.29 is 31.1 Å². The van der Waals surface area contributed by atoms with Crippen LogP contribution in [0.3, 0.4) is 0 Å². The van der Waals surface area contributed by atoms with E-state index in [1.165, 1.54) is 28.9 Å². The van der Waals surface area contributed by atoms with Crippen molar-refractivity contribution in [2.24, 2.45) is 0 Å². The molecule has 0 saturated carbocycles. The maximum Gasteiger partial charge on any atom is 0.418 e. The van der Waals surface area contributed by atoms with Crippen molar-refractivity contribution in [2.75, 3.05) is 0 Å². The Morgan fingerprint density at radius 3 is 2.37 bits per heavy atom. The van der Waals surface area contributed by atoms with Gasteiger partial charge in [-0.05, 0) is 48.5 Å². The van der Waals surface area contributed by atoms with Crippen LogP contribution in [-0.2, 0) is 19.3 Å². The molecule has 0 aliphatic carbocycles. The first-order chi connectivity index (χ1) is 18.1. The lowest BCUT2D eigenvalue weighted by atomic mass is 10.0. The number of rotatable bonds is 6. The summed E-state index contributed by atoms with van der Waals surface area (Å²) >= 11 is 5.85. The molecule has 0 N–H and O–H groups in total. The number of alkyl halides is 3. The van der Waals surface area contributed by atoms with Crippen LogP contribution in [0.15, 0.2) is 78.9 Å². The van der Waals surface area contributed by atoms with E-state index in [9.17, 15) is 26.3 Å². The summed E-state index contributed by atoms with van der Waals surface area (Å²) in [7, 11) is 0. The Morgan fingerprint density at radius 2 is 1.61 bits per heavy atom. The lowest BCUT2D eigenvalue weighted by Gasteiger charge is -2.12. The van der Waals surface area contributed by atoms with Crippen LogP contribution < -0.4 is 4.74 Å². The second-order valence-corrected chi connectivity index (χ2v) is 8.93. The Kier molecular flexibility index (Phi) is 6.79. The molecule has 1 heterocycles. The summed E-state index contributed by atoms with van der Waals surface area (Å²) in [5, 5.41) is 4.60. The standard InChI is InChI=1S/C28H17ClF6N2O/c29-19-8-7-17(25(32)13-19)14-37-27(22-5-2-6-23(26(22)36-37)28(33,34)35)16-3-1-4-21(12-16)38-15-18-11-20(30)9-10-24(18)31/h1-13H,14-15H2. The highest BCUT2D eigenvalue weighted by Gasteiger charge is 2.34. The first-order valence-electron chi connectivity index (χ1n) is 11.3. The average molecular weight is 547 g/mol. The van der Waals surface area contributed by atoms with Gasteiger partial charge in [0.05, 0.1) is 17.8 Å². The van der Waals surface area contributed by atoms with Gasteiger partial charge in [-0.25, -0.2) is 13.2 Å². The minimum atomic E-state index is -4.67. The third-order valence-electron chi connectivity index (χ3n) is 5.92. The quantitative estimate of drug-likeness (QED) is 0.200. The monoisotopic (exact) mass is 546 g/mol. The van der Waals surface area contributed by atoms with E-state index in [0.29, 0.717) is 11.3 Å². The van der Waals surface area contributed by atoms with Crippen LogP contribution in [-0.4, -0.2) is 9.78 Å². The molecule has 0 atom stereocenters. The van der Waals surface area contributed by atoms with Crippen LogP contribution >= 0.6 is 11.6 Å². The number of fused-ring (bicyclic) bond motifs is 1. The van der Waals surface area contributed by atoms with Crippen molar-refractivity contribution in [1.29, 1.82) is 0 Å². The summed E-state index contributed by atoms with van der Waals surface area (Å²) < 4.78 is 90.4. The zero-order valence-corrected chi connectivity index (χ0v) is 20.1. The maximum absolute atomic E-state index is 14.6. The van der Waals surface area contributed by atoms with E-state index in [1.54, 1.807) is 24.3 Å². The van der Waals surface area contributed by atoms with Gasteiger partial charge >= 0.3 is 6.18 Å². The average Bonchev–Trinajstić information content (AvgIpc) is 3.24. The second-order valence-electron chi connectivity index (χ2n) is 8.49. The molecule has 0 aliphatic rings. The number of nitrogens with zero attached hydrogens (tertiary/aromatic N) is 2. The minimum Gasteiger partial charge on any atom is -0.489 e. The van der Waals surface area contributed by atoms with Gasteiger partial charge in [0.15, 0.2) is 0 Å². The molecule has 0 bridgehead atoms. The zero-order chi connectivity index (χ0) is 27.0. The molecule has 0 aliphatic heterocycles. The molecular weight excluding hydrogens is 530 g/mol. The van der Waals surface area contributed by atoms with Gasteiger partial charge in [-0.3, -0.25) is 4.68 Å². The Bertz CT molecular complexity index is 1650. The summed E-state index contributed by atoms with van der Waals surface area (Å²) in [4.78, 5) is 0. The molecule has 0 unspecified atom stereocenters. The van der Waals surface area contributed by atoms with Gasteiger partial charge < -0.3 is 4.74 Å². The highest BCUT2D eigenvalue weighted by Crippen LogP contribution is 2.39. The fourth-order valence-corrected chi connectivity index (χ4v) is 4.32. The van der Waals surface area contributed by atoms with Crippen LogP contribution in [0.1, 0.15) is 16.7 Å². The van der Waals surface area contributed by atoms with Gasteiger partial charge in [-0.1, -0.05) is 41.9 Å². The summed E-state index contributed by atoms with van der Waals surface area (Å²) in [5.74, 6) is -1.63. The van der Waals surface area contributed by atoms with E-state index in [-0.39, 0.29) is 46.0 Å². The van der Waals surface area contributed by atoms with Crippen LogP contribution in [0.5, 0.6) is 5.75 Å². The summed E-state index contributed by atoms with van der Waals surface area (Å²) in [5.41, 5.74) is -0.329. The Labute approximate surface area is 217 Å². The molecule has 5 aromatic rings. The molecule has 0 amide bonds. The molecule has 0 fully saturated rings. The van der Waals surface area contributed by atoms with Crippen LogP contribution in [0, 0.1) is 17.5 Å². The van der Waals surface area contributed by atoms with Crippen molar-refractivity contribution in [3.63, 3.8) is 0 Å².